The van der Waals surface area contributed by atoms with Gasteiger partial charge >= 0.3 is 0 Å². The van der Waals surface area contributed by atoms with Crippen LogP contribution in [0, 0.1) is 0 Å². The van der Waals surface area contributed by atoms with E-state index >= 15 is 0 Å². The number of aromatic nitrogens is 1. The minimum atomic E-state index is -0.194. The van der Waals surface area contributed by atoms with E-state index in [1.54, 1.807) is 12.1 Å². The number of carbonyl (C=O) groups is 1. The fourth-order valence-corrected chi connectivity index (χ4v) is 5.47. The van der Waals surface area contributed by atoms with Gasteiger partial charge in [0.2, 0.25) is 5.75 Å². The molecule has 0 saturated heterocycles. The Labute approximate surface area is 276 Å². The molecule has 0 atom stereocenters. The van der Waals surface area contributed by atoms with Gasteiger partial charge in [0.1, 0.15) is 6.61 Å². The molecule has 3 aromatic rings. The van der Waals surface area contributed by atoms with Gasteiger partial charge in [-0.2, -0.15) is 0 Å². The van der Waals surface area contributed by atoms with Crippen LogP contribution in [0.2, 0.25) is 0 Å². The van der Waals surface area contributed by atoms with Crippen LogP contribution in [0.1, 0.15) is 122 Å². The number of hydrogen-bond acceptors (Lipinski definition) is 4. The predicted octanol–water partition coefficient (Wildman–Crippen LogP) is 10.6. The molecule has 0 unspecified atom stereocenters. The zero-order valence-electron chi connectivity index (χ0n) is 29.0. The second-order valence-corrected chi connectivity index (χ2v) is 12.5. The predicted molar refractivity (Wildman–Crippen MR) is 194 cm³/mol. The maximum absolute atomic E-state index is 14.2. The number of unbranched alkanes of at least 4 members (excludes halogenated alkanes) is 8. The third kappa shape index (κ3) is 11.9. The molecule has 1 N–H and O–H groups in total. The Morgan fingerprint density at radius 1 is 0.804 bits per heavy atom. The van der Waals surface area contributed by atoms with Crippen LogP contribution >= 0.6 is 0 Å². The highest BCUT2D eigenvalue weighted by Crippen LogP contribution is 2.35. The number of benzene rings is 2. The number of carbonyl (C=O) groups excluding carboxylic acids is 1. The molecule has 46 heavy (non-hydrogen) atoms. The summed E-state index contributed by atoms with van der Waals surface area (Å²) in [6.07, 6.45) is 17.3. The number of nitrogens with zero attached hydrogens (tertiary/aromatic N) is 1. The van der Waals surface area contributed by atoms with E-state index in [0.29, 0.717) is 36.8 Å². The van der Waals surface area contributed by atoms with Crippen molar-refractivity contribution in [3.63, 3.8) is 0 Å². The van der Waals surface area contributed by atoms with Crippen molar-refractivity contribution in [2.75, 3.05) is 18.5 Å². The number of ether oxygens (including phenoxy) is 2. The van der Waals surface area contributed by atoms with Gasteiger partial charge in [0.25, 0.3) is 11.5 Å². The average Bonchev–Trinajstić information content (AvgIpc) is 3.05. The van der Waals surface area contributed by atoms with Crippen molar-refractivity contribution in [2.45, 2.75) is 118 Å². The van der Waals surface area contributed by atoms with E-state index < -0.39 is 0 Å². The van der Waals surface area contributed by atoms with Crippen molar-refractivity contribution in [3.05, 3.63) is 87.7 Å². The topological polar surface area (TPSA) is 69.6 Å². The maximum Gasteiger partial charge on any atom is 0.297 e. The molecular formula is C40H56N2O4. The number of fused-ring (bicyclic) bond motifs is 1. The van der Waals surface area contributed by atoms with Crippen LogP contribution in [0.25, 0.3) is 10.9 Å². The minimum Gasteiger partial charge on any atom is -0.485 e. The number of anilines is 1. The average molecular weight is 629 g/mol. The molecular weight excluding hydrogens is 572 g/mol. The van der Waals surface area contributed by atoms with Crippen LogP contribution in [0.5, 0.6) is 11.5 Å². The first-order valence-electron chi connectivity index (χ1n) is 17.5. The SMILES string of the molecule is CCCCCCCCOc1c(OC/C=C(\C)CCC=C(C)C)c2ccc(NC(=O)c3ccccc3)cc2n(CCCCCC)c1=O. The molecule has 1 aromatic heterocycles. The summed E-state index contributed by atoms with van der Waals surface area (Å²) in [5.74, 6) is 0.569. The zero-order valence-corrected chi connectivity index (χ0v) is 29.0. The van der Waals surface area contributed by atoms with E-state index in [4.69, 9.17) is 9.47 Å². The molecule has 0 aliphatic heterocycles. The monoisotopic (exact) mass is 628 g/mol. The summed E-state index contributed by atoms with van der Waals surface area (Å²) < 4.78 is 14.5. The van der Waals surface area contributed by atoms with E-state index in [1.165, 1.54) is 36.8 Å². The lowest BCUT2D eigenvalue weighted by molar-refractivity contribution is 0.102. The van der Waals surface area contributed by atoms with Gasteiger partial charge in [-0.15, -0.1) is 0 Å². The van der Waals surface area contributed by atoms with E-state index in [9.17, 15) is 9.59 Å². The number of rotatable bonds is 21. The van der Waals surface area contributed by atoms with Crippen LogP contribution < -0.4 is 20.3 Å². The summed E-state index contributed by atoms with van der Waals surface area (Å²) >= 11 is 0. The molecule has 0 radical (unpaired) electrons. The molecule has 1 heterocycles. The van der Waals surface area contributed by atoms with Crippen LogP contribution in [0.4, 0.5) is 5.69 Å². The lowest BCUT2D eigenvalue weighted by Gasteiger charge is -2.19. The number of hydrogen-bond donors (Lipinski definition) is 1. The Hall–Kier alpha value is -3.80. The standard InChI is InChI=1S/C40H56N2O4/c1-6-8-10-12-13-18-28-45-38-37(46-29-26-32(5)21-19-20-31(3)4)35-25-24-34(41-39(43)33-22-15-14-16-23-33)30-36(35)42(40(38)44)27-17-11-9-7-2/h14-16,20,22-26,30H,6-13,17-19,21,27-29H2,1-5H3,(H,41,43)/b32-26+. The van der Waals surface area contributed by atoms with E-state index in [2.05, 4.69) is 52.1 Å². The van der Waals surface area contributed by atoms with Crippen molar-refractivity contribution in [1.29, 1.82) is 0 Å². The number of allylic oxidation sites excluding steroid dienone is 3. The lowest BCUT2D eigenvalue weighted by Crippen LogP contribution is -2.24. The summed E-state index contributed by atoms with van der Waals surface area (Å²) in [6.45, 7) is 12.1. The van der Waals surface area contributed by atoms with Crippen molar-refractivity contribution < 1.29 is 14.3 Å². The van der Waals surface area contributed by atoms with Crippen molar-refractivity contribution >= 4 is 22.5 Å². The molecule has 0 aliphatic rings. The highest BCUT2D eigenvalue weighted by Gasteiger charge is 2.21. The lowest BCUT2D eigenvalue weighted by atomic mass is 10.1. The van der Waals surface area contributed by atoms with Crippen LogP contribution in [0.3, 0.4) is 0 Å². The van der Waals surface area contributed by atoms with Crippen molar-refractivity contribution in [3.8, 4) is 11.5 Å². The number of pyridine rings is 1. The summed E-state index contributed by atoms with van der Waals surface area (Å²) in [5, 5.41) is 3.82. The Morgan fingerprint density at radius 2 is 1.50 bits per heavy atom. The molecule has 250 valence electrons. The Morgan fingerprint density at radius 3 is 2.22 bits per heavy atom. The largest absolute Gasteiger partial charge is 0.485 e. The van der Waals surface area contributed by atoms with Gasteiger partial charge in [0, 0.05) is 23.2 Å². The fourth-order valence-electron chi connectivity index (χ4n) is 5.47. The van der Waals surface area contributed by atoms with Gasteiger partial charge in [0.05, 0.1) is 12.1 Å². The Kier molecular flexibility index (Phi) is 16.2. The first-order valence-corrected chi connectivity index (χ1v) is 17.5. The molecule has 0 saturated carbocycles. The number of amides is 1. The summed E-state index contributed by atoms with van der Waals surface area (Å²) in [7, 11) is 0. The molecule has 1 amide bonds. The molecule has 0 bridgehead atoms. The van der Waals surface area contributed by atoms with Crippen molar-refractivity contribution in [2.24, 2.45) is 0 Å². The number of nitrogens with one attached hydrogen (secondary N) is 1. The third-order valence-corrected chi connectivity index (χ3v) is 8.20. The zero-order chi connectivity index (χ0) is 33.1. The molecule has 0 aliphatic carbocycles. The van der Waals surface area contributed by atoms with E-state index in [1.807, 2.05) is 41.0 Å². The smallest absolute Gasteiger partial charge is 0.297 e. The molecule has 3 rings (SSSR count). The second-order valence-electron chi connectivity index (χ2n) is 12.5. The third-order valence-electron chi connectivity index (χ3n) is 8.20. The second kappa shape index (κ2) is 20.3. The van der Waals surface area contributed by atoms with E-state index in [-0.39, 0.29) is 17.2 Å². The summed E-state index contributed by atoms with van der Waals surface area (Å²) in [4.78, 5) is 27.2. The molecule has 2 aromatic carbocycles. The fraction of sp³-hybridized carbons (Fsp3) is 0.500. The number of aryl methyl sites for hydroxylation is 1. The summed E-state index contributed by atoms with van der Waals surface area (Å²) in [6, 6.07) is 14.9. The Bertz CT molecular complexity index is 1480. The summed E-state index contributed by atoms with van der Waals surface area (Å²) in [5.41, 5.74) is 4.32. The van der Waals surface area contributed by atoms with Gasteiger partial charge in [-0.1, -0.05) is 101 Å². The van der Waals surface area contributed by atoms with Crippen molar-refractivity contribution in [1.82, 2.24) is 4.57 Å². The van der Waals surface area contributed by atoms with Gasteiger partial charge in [-0.3, -0.25) is 9.59 Å². The van der Waals surface area contributed by atoms with Gasteiger partial charge < -0.3 is 19.4 Å². The maximum atomic E-state index is 14.2. The normalized spacial score (nSPS) is 11.5. The Balaban J connectivity index is 1.98. The van der Waals surface area contributed by atoms with Crippen LogP contribution in [-0.2, 0) is 6.54 Å². The van der Waals surface area contributed by atoms with Gasteiger partial charge in [-0.25, -0.2) is 0 Å². The molecule has 6 heteroatoms. The first-order chi connectivity index (χ1) is 22.3. The molecule has 0 fully saturated rings. The molecule has 6 nitrogen and oxygen atoms in total. The van der Waals surface area contributed by atoms with E-state index in [0.717, 1.165) is 62.3 Å². The van der Waals surface area contributed by atoms with Gasteiger partial charge in [-0.05, 0) is 82.9 Å². The van der Waals surface area contributed by atoms with Gasteiger partial charge in [0.15, 0.2) is 5.75 Å². The minimum absolute atomic E-state index is 0.180. The quantitative estimate of drug-likeness (QED) is 0.0941. The molecule has 0 spiro atoms. The van der Waals surface area contributed by atoms with Crippen LogP contribution in [-0.4, -0.2) is 23.7 Å². The van der Waals surface area contributed by atoms with Crippen LogP contribution in [0.15, 0.2) is 76.6 Å². The highest BCUT2D eigenvalue weighted by atomic mass is 16.5. The first kappa shape index (κ1) is 36.7. The highest BCUT2D eigenvalue weighted by molar-refractivity contribution is 6.05.